The van der Waals surface area contributed by atoms with Crippen LogP contribution >= 0.6 is 0 Å². The number of hydrogen-bond donors (Lipinski definition) is 1. The number of rotatable bonds is 3. The van der Waals surface area contributed by atoms with Crippen LogP contribution in [0.25, 0.3) is 5.65 Å². The number of nitrogens with zero attached hydrogens (tertiary/aromatic N) is 3. The van der Waals surface area contributed by atoms with Crippen molar-refractivity contribution in [2.45, 2.75) is 20.3 Å². The molecule has 0 fully saturated rings. The van der Waals surface area contributed by atoms with Crippen molar-refractivity contribution in [1.29, 1.82) is 0 Å². The first-order chi connectivity index (χ1) is 7.19. The third-order valence-corrected chi connectivity index (χ3v) is 2.46. The van der Waals surface area contributed by atoms with Gasteiger partial charge in [-0.15, -0.1) is 0 Å². The number of pyridine rings is 1. The van der Waals surface area contributed by atoms with Crippen molar-refractivity contribution in [2.75, 3.05) is 6.54 Å². The molecule has 0 aliphatic rings. The van der Waals surface area contributed by atoms with E-state index in [0.717, 1.165) is 17.9 Å². The van der Waals surface area contributed by atoms with E-state index < -0.39 is 0 Å². The van der Waals surface area contributed by atoms with Gasteiger partial charge in [0.2, 0.25) is 0 Å². The molecule has 15 heavy (non-hydrogen) atoms. The molecule has 0 aliphatic heterocycles. The first kappa shape index (κ1) is 10.1. The molecule has 1 unspecified atom stereocenters. The van der Waals surface area contributed by atoms with E-state index >= 15 is 0 Å². The summed E-state index contributed by atoms with van der Waals surface area (Å²) in [6.07, 6.45) is 2.83. The van der Waals surface area contributed by atoms with Crippen LogP contribution in [-0.4, -0.2) is 21.1 Å². The molecule has 2 aromatic heterocycles. The van der Waals surface area contributed by atoms with Gasteiger partial charge in [-0.2, -0.15) is 5.10 Å². The summed E-state index contributed by atoms with van der Waals surface area (Å²) in [5.41, 5.74) is 7.66. The average molecular weight is 204 g/mol. The Hall–Kier alpha value is -1.42. The second kappa shape index (κ2) is 3.98. The molecule has 2 N–H and O–H groups in total. The van der Waals surface area contributed by atoms with E-state index in [1.165, 1.54) is 5.56 Å². The summed E-state index contributed by atoms with van der Waals surface area (Å²) in [5.74, 6) is 1.31. The Morgan fingerprint density at radius 2 is 2.27 bits per heavy atom. The Bertz CT molecular complexity index is 461. The summed E-state index contributed by atoms with van der Waals surface area (Å²) >= 11 is 0. The molecule has 2 aromatic rings. The van der Waals surface area contributed by atoms with Gasteiger partial charge < -0.3 is 5.73 Å². The van der Waals surface area contributed by atoms with Crippen LogP contribution in [0.3, 0.4) is 0 Å². The molecule has 1 atom stereocenters. The van der Waals surface area contributed by atoms with Crippen molar-refractivity contribution in [1.82, 2.24) is 14.6 Å². The van der Waals surface area contributed by atoms with Crippen LogP contribution < -0.4 is 5.73 Å². The van der Waals surface area contributed by atoms with Crippen molar-refractivity contribution in [2.24, 2.45) is 11.7 Å². The summed E-state index contributed by atoms with van der Waals surface area (Å²) < 4.78 is 1.83. The summed E-state index contributed by atoms with van der Waals surface area (Å²) in [7, 11) is 0. The zero-order valence-corrected chi connectivity index (χ0v) is 9.14. The lowest BCUT2D eigenvalue weighted by atomic mass is 10.1. The Morgan fingerprint density at radius 3 is 3.00 bits per heavy atom. The molecule has 0 aliphatic carbocycles. The van der Waals surface area contributed by atoms with Gasteiger partial charge in [-0.1, -0.05) is 13.0 Å². The van der Waals surface area contributed by atoms with Crippen LogP contribution in [0.5, 0.6) is 0 Å². The minimum absolute atomic E-state index is 0.434. The van der Waals surface area contributed by atoms with Crippen LogP contribution in [0.15, 0.2) is 18.3 Å². The minimum Gasteiger partial charge on any atom is -0.330 e. The SMILES string of the molecule is Cc1ccc2nc(CC(C)CN)nn2c1. The first-order valence-electron chi connectivity index (χ1n) is 5.21. The number of aryl methyl sites for hydroxylation is 1. The van der Waals surface area contributed by atoms with Crippen LogP contribution in [0.2, 0.25) is 0 Å². The highest BCUT2D eigenvalue weighted by molar-refractivity contribution is 5.38. The topological polar surface area (TPSA) is 56.2 Å². The van der Waals surface area contributed by atoms with Crippen LogP contribution in [0.1, 0.15) is 18.3 Å². The zero-order valence-electron chi connectivity index (χ0n) is 9.14. The van der Waals surface area contributed by atoms with Crippen molar-refractivity contribution in [3.63, 3.8) is 0 Å². The second-order valence-corrected chi connectivity index (χ2v) is 4.08. The standard InChI is InChI=1S/C11H16N4/c1-8-3-4-11-13-10(5-9(2)6-12)14-15(11)7-8/h3-4,7,9H,5-6,12H2,1-2H3. The van der Waals surface area contributed by atoms with Gasteiger partial charge in [0.15, 0.2) is 11.5 Å². The van der Waals surface area contributed by atoms with Gasteiger partial charge in [0.1, 0.15) is 0 Å². The van der Waals surface area contributed by atoms with E-state index in [4.69, 9.17) is 5.73 Å². The smallest absolute Gasteiger partial charge is 0.155 e. The summed E-state index contributed by atoms with van der Waals surface area (Å²) in [4.78, 5) is 4.44. The molecule has 0 bridgehead atoms. The van der Waals surface area contributed by atoms with E-state index in [1.807, 2.05) is 29.8 Å². The van der Waals surface area contributed by atoms with Crippen molar-refractivity contribution in [3.05, 3.63) is 29.7 Å². The summed E-state index contributed by atoms with van der Waals surface area (Å²) in [6, 6.07) is 4.03. The summed E-state index contributed by atoms with van der Waals surface area (Å²) in [5, 5.41) is 4.41. The number of fused-ring (bicyclic) bond motifs is 1. The van der Waals surface area contributed by atoms with Gasteiger partial charge in [0.05, 0.1) is 0 Å². The Labute approximate surface area is 89.1 Å². The third-order valence-electron chi connectivity index (χ3n) is 2.46. The highest BCUT2D eigenvalue weighted by Gasteiger charge is 2.07. The van der Waals surface area contributed by atoms with Gasteiger partial charge in [-0.3, -0.25) is 0 Å². The van der Waals surface area contributed by atoms with Gasteiger partial charge >= 0.3 is 0 Å². The van der Waals surface area contributed by atoms with Crippen molar-refractivity contribution < 1.29 is 0 Å². The predicted octanol–water partition coefficient (Wildman–Crippen LogP) is 1.18. The van der Waals surface area contributed by atoms with Gasteiger partial charge in [0, 0.05) is 12.6 Å². The molecule has 0 amide bonds. The van der Waals surface area contributed by atoms with Crippen LogP contribution in [0.4, 0.5) is 0 Å². The maximum atomic E-state index is 5.58. The fourth-order valence-corrected chi connectivity index (χ4v) is 1.51. The number of nitrogens with two attached hydrogens (primary N) is 1. The van der Waals surface area contributed by atoms with Gasteiger partial charge in [-0.05, 0) is 31.0 Å². The van der Waals surface area contributed by atoms with E-state index in [2.05, 4.69) is 17.0 Å². The molecule has 0 radical (unpaired) electrons. The normalized spacial score (nSPS) is 13.3. The molecule has 0 saturated carbocycles. The Balaban J connectivity index is 2.30. The highest BCUT2D eigenvalue weighted by atomic mass is 15.3. The largest absolute Gasteiger partial charge is 0.330 e. The molecule has 0 spiro atoms. The molecular formula is C11H16N4. The first-order valence-corrected chi connectivity index (χ1v) is 5.21. The maximum Gasteiger partial charge on any atom is 0.155 e. The summed E-state index contributed by atoms with van der Waals surface area (Å²) in [6.45, 7) is 4.83. The fraction of sp³-hybridized carbons (Fsp3) is 0.455. The lowest BCUT2D eigenvalue weighted by Gasteiger charge is -2.02. The van der Waals surface area contributed by atoms with Crippen molar-refractivity contribution in [3.8, 4) is 0 Å². The van der Waals surface area contributed by atoms with E-state index in [1.54, 1.807) is 0 Å². The van der Waals surface area contributed by atoms with E-state index in [9.17, 15) is 0 Å². The van der Waals surface area contributed by atoms with Gasteiger partial charge in [-0.25, -0.2) is 9.50 Å². The Morgan fingerprint density at radius 1 is 1.47 bits per heavy atom. The molecule has 4 nitrogen and oxygen atoms in total. The lowest BCUT2D eigenvalue weighted by molar-refractivity contribution is 0.573. The highest BCUT2D eigenvalue weighted by Crippen LogP contribution is 2.07. The van der Waals surface area contributed by atoms with E-state index in [-0.39, 0.29) is 0 Å². The molecule has 2 heterocycles. The van der Waals surface area contributed by atoms with E-state index in [0.29, 0.717) is 12.5 Å². The molecule has 0 saturated heterocycles. The second-order valence-electron chi connectivity index (χ2n) is 4.08. The quantitative estimate of drug-likeness (QED) is 0.816. The lowest BCUT2D eigenvalue weighted by Crippen LogP contribution is -2.13. The predicted molar refractivity (Wildman–Crippen MR) is 59.6 cm³/mol. The van der Waals surface area contributed by atoms with Crippen molar-refractivity contribution >= 4 is 5.65 Å². The third kappa shape index (κ3) is 2.15. The number of hydrogen-bond acceptors (Lipinski definition) is 3. The average Bonchev–Trinajstić information content (AvgIpc) is 2.59. The molecule has 80 valence electrons. The molecular weight excluding hydrogens is 188 g/mol. The minimum atomic E-state index is 0.434. The van der Waals surface area contributed by atoms with Crippen LogP contribution in [-0.2, 0) is 6.42 Å². The number of aromatic nitrogens is 3. The molecule has 0 aromatic carbocycles. The fourth-order valence-electron chi connectivity index (χ4n) is 1.51. The molecule has 4 heteroatoms. The Kier molecular flexibility index (Phi) is 2.68. The monoisotopic (exact) mass is 204 g/mol. The van der Waals surface area contributed by atoms with Crippen LogP contribution in [0, 0.1) is 12.8 Å². The maximum absolute atomic E-state index is 5.58. The zero-order chi connectivity index (χ0) is 10.8. The molecule has 2 rings (SSSR count). The van der Waals surface area contributed by atoms with Gasteiger partial charge in [0.25, 0.3) is 0 Å².